The molecule has 1 aliphatic rings. The third kappa shape index (κ3) is 4.11. The van der Waals surface area contributed by atoms with Crippen LogP contribution in [0.1, 0.15) is 10.4 Å². The average Bonchev–Trinajstić information content (AvgIpc) is 2.53. The van der Waals surface area contributed by atoms with Gasteiger partial charge in [0, 0.05) is 26.2 Å². The molecule has 1 fully saturated rings. The van der Waals surface area contributed by atoms with Crippen LogP contribution in [0.3, 0.4) is 0 Å². The van der Waals surface area contributed by atoms with Crippen LogP contribution in [0.2, 0.25) is 5.02 Å². The fraction of sp³-hybridized carbons (Fsp3) is 0.467. The number of anilines is 1. The lowest BCUT2D eigenvalue weighted by atomic mass is 10.2. The van der Waals surface area contributed by atoms with E-state index in [1.807, 2.05) is 11.9 Å². The van der Waals surface area contributed by atoms with Crippen LogP contribution >= 0.6 is 11.6 Å². The van der Waals surface area contributed by atoms with Gasteiger partial charge in [-0.05, 0) is 25.2 Å². The quantitative estimate of drug-likeness (QED) is 0.846. The molecule has 2 rings (SSSR count). The Balaban J connectivity index is 1.96. The van der Waals surface area contributed by atoms with Crippen LogP contribution in [0.4, 0.5) is 5.69 Å². The monoisotopic (exact) mass is 325 g/mol. The summed E-state index contributed by atoms with van der Waals surface area (Å²) in [5, 5.41) is 3.45. The Morgan fingerprint density at radius 2 is 1.95 bits per heavy atom. The number of benzene rings is 1. The molecule has 0 aliphatic carbocycles. The zero-order valence-electron chi connectivity index (χ0n) is 12.8. The number of piperazine rings is 1. The summed E-state index contributed by atoms with van der Waals surface area (Å²) in [6.07, 6.45) is 0. The lowest BCUT2D eigenvalue weighted by Crippen LogP contribution is -2.48. The summed E-state index contributed by atoms with van der Waals surface area (Å²) in [5.41, 5.74) is 0.938. The number of amides is 1. The van der Waals surface area contributed by atoms with E-state index < -0.39 is 5.97 Å². The van der Waals surface area contributed by atoms with E-state index >= 15 is 0 Å². The number of carbonyl (C=O) groups excluding carboxylic acids is 2. The Labute approximate surface area is 135 Å². The van der Waals surface area contributed by atoms with Gasteiger partial charge < -0.3 is 19.9 Å². The first-order valence-corrected chi connectivity index (χ1v) is 7.47. The molecule has 1 heterocycles. The predicted octanol–water partition coefficient (Wildman–Crippen LogP) is 1.31. The molecule has 1 saturated heterocycles. The average molecular weight is 326 g/mol. The molecule has 1 aromatic carbocycles. The van der Waals surface area contributed by atoms with Gasteiger partial charge in [-0.2, -0.15) is 0 Å². The van der Waals surface area contributed by atoms with Crippen molar-refractivity contribution < 1.29 is 14.3 Å². The van der Waals surface area contributed by atoms with Gasteiger partial charge in [0.05, 0.1) is 29.9 Å². The number of hydrogen-bond acceptors (Lipinski definition) is 5. The van der Waals surface area contributed by atoms with Crippen molar-refractivity contribution in [2.75, 3.05) is 52.2 Å². The largest absolute Gasteiger partial charge is 0.465 e. The number of hydrogen-bond donors (Lipinski definition) is 1. The maximum Gasteiger partial charge on any atom is 0.337 e. The highest BCUT2D eigenvalue weighted by Crippen LogP contribution is 2.23. The molecular formula is C15H20ClN3O3. The maximum atomic E-state index is 12.2. The topological polar surface area (TPSA) is 61.9 Å². The van der Waals surface area contributed by atoms with Crippen molar-refractivity contribution in [1.82, 2.24) is 9.80 Å². The van der Waals surface area contributed by atoms with Gasteiger partial charge in [0.25, 0.3) is 0 Å². The number of methoxy groups -OCH3 is 1. The van der Waals surface area contributed by atoms with Crippen molar-refractivity contribution in [1.29, 1.82) is 0 Å². The summed E-state index contributed by atoms with van der Waals surface area (Å²) in [6, 6.07) is 4.78. The van der Waals surface area contributed by atoms with Crippen molar-refractivity contribution in [3.63, 3.8) is 0 Å². The van der Waals surface area contributed by atoms with Crippen molar-refractivity contribution in [3.05, 3.63) is 28.8 Å². The lowest BCUT2D eigenvalue weighted by Gasteiger charge is -2.32. The van der Waals surface area contributed by atoms with Crippen LogP contribution in [-0.2, 0) is 9.53 Å². The number of ether oxygens (including phenoxy) is 1. The molecule has 7 heteroatoms. The molecule has 1 amide bonds. The third-order valence-electron chi connectivity index (χ3n) is 3.67. The molecule has 6 nitrogen and oxygen atoms in total. The Hall–Kier alpha value is -1.79. The van der Waals surface area contributed by atoms with Crippen molar-refractivity contribution in [2.45, 2.75) is 0 Å². The summed E-state index contributed by atoms with van der Waals surface area (Å²) in [5.74, 6) is -0.419. The van der Waals surface area contributed by atoms with Gasteiger partial charge in [-0.25, -0.2) is 4.79 Å². The third-order valence-corrected chi connectivity index (χ3v) is 4.00. The van der Waals surface area contributed by atoms with Crippen LogP contribution in [0.5, 0.6) is 0 Å². The van der Waals surface area contributed by atoms with Gasteiger partial charge in [0.1, 0.15) is 0 Å². The van der Waals surface area contributed by atoms with Crippen molar-refractivity contribution in [3.8, 4) is 0 Å². The highest BCUT2D eigenvalue weighted by Gasteiger charge is 2.19. The molecule has 0 spiro atoms. The second kappa shape index (κ2) is 7.47. The van der Waals surface area contributed by atoms with E-state index in [-0.39, 0.29) is 12.5 Å². The molecule has 0 radical (unpaired) electrons. The molecule has 0 bridgehead atoms. The predicted molar refractivity (Wildman–Crippen MR) is 85.4 cm³/mol. The summed E-state index contributed by atoms with van der Waals surface area (Å²) in [7, 11) is 3.36. The van der Waals surface area contributed by atoms with E-state index in [0.717, 1.165) is 26.2 Å². The second-order valence-electron chi connectivity index (χ2n) is 5.22. The van der Waals surface area contributed by atoms with E-state index in [1.54, 1.807) is 18.2 Å². The molecule has 1 aliphatic heterocycles. The van der Waals surface area contributed by atoms with Crippen molar-refractivity contribution in [2.24, 2.45) is 0 Å². The molecule has 22 heavy (non-hydrogen) atoms. The number of likely N-dealkylation sites (N-methyl/N-ethyl adjacent to an activating group) is 1. The molecule has 0 atom stereocenters. The number of halogens is 1. The standard InChI is InChI=1S/C15H20ClN3O3/c1-18-5-7-19(8-6-18)14(20)10-17-13-9-11(15(21)22-2)3-4-12(13)16/h3-4,9,17H,5-8,10H2,1-2H3. The van der Waals surface area contributed by atoms with Crippen LogP contribution in [0.15, 0.2) is 18.2 Å². The Kier molecular flexibility index (Phi) is 5.63. The molecule has 1 aromatic rings. The molecule has 0 saturated carbocycles. The summed E-state index contributed by atoms with van der Waals surface area (Å²) >= 11 is 6.09. The highest BCUT2D eigenvalue weighted by atomic mass is 35.5. The second-order valence-corrected chi connectivity index (χ2v) is 5.63. The Morgan fingerprint density at radius 3 is 2.59 bits per heavy atom. The normalized spacial score (nSPS) is 15.5. The number of esters is 1. The number of rotatable bonds is 4. The van der Waals surface area contributed by atoms with E-state index in [0.29, 0.717) is 16.3 Å². The fourth-order valence-corrected chi connectivity index (χ4v) is 2.43. The molecular weight excluding hydrogens is 306 g/mol. The minimum atomic E-state index is -0.440. The van der Waals surface area contributed by atoms with E-state index in [1.165, 1.54) is 7.11 Å². The molecule has 1 N–H and O–H groups in total. The van der Waals surface area contributed by atoms with Crippen molar-refractivity contribution >= 4 is 29.2 Å². The van der Waals surface area contributed by atoms with Gasteiger partial charge in [-0.1, -0.05) is 11.6 Å². The Morgan fingerprint density at radius 1 is 1.27 bits per heavy atom. The molecule has 0 unspecified atom stereocenters. The number of nitrogens with one attached hydrogen (secondary N) is 1. The smallest absolute Gasteiger partial charge is 0.337 e. The number of carbonyl (C=O) groups is 2. The van der Waals surface area contributed by atoms with E-state index in [9.17, 15) is 9.59 Å². The number of nitrogens with zero attached hydrogens (tertiary/aromatic N) is 2. The zero-order valence-corrected chi connectivity index (χ0v) is 13.5. The van der Waals surface area contributed by atoms with Gasteiger partial charge in [0.2, 0.25) is 5.91 Å². The van der Waals surface area contributed by atoms with E-state index in [4.69, 9.17) is 11.6 Å². The Bertz CT molecular complexity index is 557. The lowest BCUT2D eigenvalue weighted by molar-refractivity contribution is -0.130. The highest BCUT2D eigenvalue weighted by molar-refractivity contribution is 6.33. The van der Waals surface area contributed by atoms with Gasteiger partial charge >= 0.3 is 5.97 Å². The zero-order chi connectivity index (χ0) is 16.1. The molecule has 120 valence electrons. The van der Waals surface area contributed by atoms with Gasteiger partial charge in [0.15, 0.2) is 0 Å². The van der Waals surface area contributed by atoms with Crippen LogP contribution in [0, 0.1) is 0 Å². The van der Waals surface area contributed by atoms with Gasteiger partial charge in [-0.15, -0.1) is 0 Å². The van der Waals surface area contributed by atoms with Crippen LogP contribution in [-0.4, -0.2) is 68.6 Å². The maximum absolute atomic E-state index is 12.2. The summed E-state index contributed by atoms with van der Waals surface area (Å²) in [4.78, 5) is 27.7. The van der Waals surface area contributed by atoms with Crippen LogP contribution < -0.4 is 5.32 Å². The van der Waals surface area contributed by atoms with E-state index in [2.05, 4.69) is 15.0 Å². The first kappa shape index (κ1) is 16.6. The van der Waals surface area contributed by atoms with Crippen LogP contribution in [0.25, 0.3) is 0 Å². The van der Waals surface area contributed by atoms with Gasteiger partial charge in [-0.3, -0.25) is 4.79 Å². The first-order valence-electron chi connectivity index (χ1n) is 7.09. The summed E-state index contributed by atoms with van der Waals surface area (Å²) < 4.78 is 4.67. The summed E-state index contributed by atoms with van der Waals surface area (Å²) in [6.45, 7) is 3.36. The molecule has 0 aromatic heterocycles. The fourth-order valence-electron chi connectivity index (χ4n) is 2.24. The minimum absolute atomic E-state index is 0.0210. The SMILES string of the molecule is COC(=O)c1ccc(Cl)c(NCC(=O)N2CCN(C)CC2)c1. The minimum Gasteiger partial charge on any atom is -0.465 e. The first-order chi connectivity index (χ1) is 10.5.